The predicted octanol–water partition coefficient (Wildman–Crippen LogP) is 4.49. The minimum atomic E-state index is -0.943. The minimum Gasteiger partial charge on any atom is -0.478 e. The first-order valence-corrected chi connectivity index (χ1v) is 9.73. The normalized spacial score (nSPS) is 17.5. The lowest BCUT2D eigenvalue weighted by molar-refractivity contribution is 0.0697. The highest BCUT2D eigenvalue weighted by Crippen LogP contribution is 2.28. The average Bonchev–Trinajstić information content (AvgIpc) is 3.17. The lowest BCUT2D eigenvalue weighted by Gasteiger charge is -2.32. The quantitative estimate of drug-likeness (QED) is 0.686. The molecule has 1 atom stereocenters. The Bertz CT molecular complexity index is 936. The summed E-state index contributed by atoms with van der Waals surface area (Å²) < 4.78 is 6.00. The molecule has 5 heteroatoms. The Labute approximate surface area is 164 Å². The van der Waals surface area contributed by atoms with Crippen LogP contribution in [0, 0.1) is 5.92 Å². The lowest BCUT2D eigenvalue weighted by Crippen LogP contribution is -2.35. The largest absolute Gasteiger partial charge is 0.478 e. The molecule has 3 heterocycles. The van der Waals surface area contributed by atoms with E-state index >= 15 is 0 Å². The van der Waals surface area contributed by atoms with Crippen LogP contribution in [-0.4, -0.2) is 34.0 Å². The molecule has 0 spiro atoms. The summed E-state index contributed by atoms with van der Waals surface area (Å²) in [5.41, 5.74) is 2.03. The highest BCUT2D eigenvalue weighted by atomic mass is 16.4. The van der Waals surface area contributed by atoms with Gasteiger partial charge in [-0.25, -0.2) is 4.79 Å². The number of pyridine rings is 1. The van der Waals surface area contributed by atoms with Gasteiger partial charge in [0.05, 0.1) is 12.1 Å². The van der Waals surface area contributed by atoms with Gasteiger partial charge in [-0.1, -0.05) is 24.3 Å². The number of piperidine rings is 1. The van der Waals surface area contributed by atoms with Crippen LogP contribution in [0.4, 0.5) is 0 Å². The van der Waals surface area contributed by atoms with E-state index < -0.39 is 5.97 Å². The molecule has 144 valence electrons. The fraction of sp³-hybridized carbons (Fsp3) is 0.304. The highest BCUT2D eigenvalue weighted by Gasteiger charge is 2.22. The number of aromatic nitrogens is 1. The van der Waals surface area contributed by atoms with Crippen LogP contribution in [-0.2, 0) is 13.0 Å². The predicted molar refractivity (Wildman–Crippen MR) is 107 cm³/mol. The van der Waals surface area contributed by atoms with Crippen molar-refractivity contribution in [1.29, 1.82) is 0 Å². The molecule has 0 amide bonds. The zero-order chi connectivity index (χ0) is 19.3. The number of carboxylic acid groups (broad SMARTS) is 1. The van der Waals surface area contributed by atoms with Gasteiger partial charge in [0, 0.05) is 24.0 Å². The summed E-state index contributed by atoms with van der Waals surface area (Å²) in [7, 11) is 0. The van der Waals surface area contributed by atoms with Gasteiger partial charge in [-0.2, -0.15) is 0 Å². The average molecular weight is 376 g/mol. The standard InChI is InChI=1S/C23H24N2O3/c26-23(27)21-9-2-1-8-20(21)22-11-10-19(28-22)16-25-13-5-6-17(15-25)14-18-7-3-4-12-24-18/h1-4,7-12,17H,5-6,13-16H2,(H,26,27)/t17-/m0/s1. The fourth-order valence-electron chi connectivity index (χ4n) is 3.99. The molecule has 0 aliphatic carbocycles. The summed E-state index contributed by atoms with van der Waals surface area (Å²) in [5.74, 6) is 1.14. The van der Waals surface area contributed by atoms with Crippen LogP contribution in [0.2, 0.25) is 0 Å². The van der Waals surface area contributed by atoms with Crippen molar-refractivity contribution in [3.8, 4) is 11.3 Å². The van der Waals surface area contributed by atoms with Crippen molar-refractivity contribution < 1.29 is 14.3 Å². The molecular weight excluding hydrogens is 352 g/mol. The van der Waals surface area contributed by atoms with Crippen molar-refractivity contribution in [1.82, 2.24) is 9.88 Å². The summed E-state index contributed by atoms with van der Waals surface area (Å²) in [6.07, 6.45) is 5.26. The van der Waals surface area contributed by atoms with Crippen molar-refractivity contribution in [2.45, 2.75) is 25.8 Å². The molecule has 4 rings (SSSR count). The molecule has 1 aromatic carbocycles. The van der Waals surface area contributed by atoms with Gasteiger partial charge in [-0.15, -0.1) is 0 Å². The van der Waals surface area contributed by atoms with Gasteiger partial charge in [-0.05, 0) is 62.1 Å². The first-order chi connectivity index (χ1) is 13.7. The van der Waals surface area contributed by atoms with E-state index in [4.69, 9.17) is 4.42 Å². The smallest absolute Gasteiger partial charge is 0.336 e. The lowest BCUT2D eigenvalue weighted by atomic mass is 9.93. The van der Waals surface area contributed by atoms with E-state index in [0.29, 0.717) is 17.2 Å². The number of aromatic carboxylic acids is 1. The Hall–Kier alpha value is -2.92. The summed E-state index contributed by atoms with van der Waals surface area (Å²) in [6.45, 7) is 2.83. The Balaban J connectivity index is 1.42. The molecule has 0 bridgehead atoms. The van der Waals surface area contributed by atoms with Gasteiger partial charge in [0.25, 0.3) is 0 Å². The van der Waals surface area contributed by atoms with Crippen molar-refractivity contribution in [3.05, 3.63) is 77.8 Å². The van der Waals surface area contributed by atoms with Crippen LogP contribution < -0.4 is 0 Å². The first-order valence-electron chi connectivity index (χ1n) is 9.73. The second-order valence-electron chi connectivity index (χ2n) is 7.39. The molecule has 1 saturated heterocycles. The number of nitrogens with zero attached hydrogens (tertiary/aromatic N) is 2. The molecule has 1 N–H and O–H groups in total. The number of rotatable bonds is 6. The Morgan fingerprint density at radius 2 is 2.00 bits per heavy atom. The maximum Gasteiger partial charge on any atom is 0.336 e. The second-order valence-corrected chi connectivity index (χ2v) is 7.39. The molecule has 1 aliphatic heterocycles. The van der Waals surface area contributed by atoms with Crippen LogP contribution in [0.3, 0.4) is 0 Å². The number of benzene rings is 1. The van der Waals surface area contributed by atoms with Crippen LogP contribution in [0.25, 0.3) is 11.3 Å². The van der Waals surface area contributed by atoms with Crippen molar-refractivity contribution >= 4 is 5.97 Å². The summed E-state index contributed by atoms with van der Waals surface area (Å²) in [6, 6.07) is 16.9. The van der Waals surface area contributed by atoms with E-state index in [1.54, 1.807) is 18.2 Å². The maximum absolute atomic E-state index is 11.4. The van der Waals surface area contributed by atoms with E-state index in [0.717, 1.165) is 37.5 Å². The fourth-order valence-corrected chi connectivity index (χ4v) is 3.99. The Kier molecular flexibility index (Phi) is 5.53. The number of likely N-dealkylation sites (tertiary alicyclic amines) is 1. The van der Waals surface area contributed by atoms with Crippen molar-refractivity contribution in [2.75, 3.05) is 13.1 Å². The van der Waals surface area contributed by atoms with Crippen LogP contribution in [0.1, 0.15) is 34.7 Å². The number of hydrogen-bond donors (Lipinski definition) is 1. The van der Waals surface area contributed by atoms with Gasteiger partial charge in [-0.3, -0.25) is 9.88 Å². The molecular formula is C23H24N2O3. The van der Waals surface area contributed by atoms with Gasteiger partial charge in [0.15, 0.2) is 0 Å². The summed E-state index contributed by atoms with van der Waals surface area (Å²) in [4.78, 5) is 18.3. The number of carboxylic acids is 1. The van der Waals surface area contributed by atoms with Crippen LogP contribution in [0.15, 0.2) is 65.2 Å². The third kappa shape index (κ3) is 4.31. The number of furan rings is 1. The Morgan fingerprint density at radius 1 is 1.14 bits per heavy atom. The molecule has 3 aromatic rings. The van der Waals surface area contributed by atoms with Crippen molar-refractivity contribution in [3.63, 3.8) is 0 Å². The zero-order valence-electron chi connectivity index (χ0n) is 15.8. The molecule has 0 saturated carbocycles. The molecule has 0 radical (unpaired) electrons. The van der Waals surface area contributed by atoms with Gasteiger partial charge in [0.1, 0.15) is 11.5 Å². The summed E-state index contributed by atoms with van der Waals surface area (Å²) in [5, 5.41) is 9.39. The summed E-state index contributed by atoms with van der Waals surface area (Å²) >= 11 is 0. The van der Waals surface area contributed by atoms with E-state index in [-0.39, 0.29) is 5.56 Å². The molecule has 5 nitrogen and oxygen atoms in total. The van der Waals surface area contributed by atoms with E-state index in [9.17, 15) is 9.90 Å². The van der Waals surface area contributed by atoms with E-state index in [1.165, 1.54) is 12.8 Å². The molecule has 0 unspecified atom stereocenters. The zero-order valence-corrected chi connectivity index (χ0v) is 15.8. The highest BCUT2D eigenvalue weighted by molar-refractivity contribution is 5.95. The topological polar surface area (TPSA) is 66.6 Å². The maximum atomic E-state index is 11.4. The third-order valence-electron chi connectivity index (χ3n) is 5.29. The van der Waals surface area contributed by atoms with Gasteiger partial charge < -0.3 is 9.52 Å². The SMILES string of the molecule is O=C(O)c1ccccc1-c1ccc(CN2CCC[C@@H](Cc3ccccn3)C2)o1. The van der Waals surface area contributed by atoms with Crippen LogP contribution >= 0.6 is 0 Å². The van der Waals surface area contributed by atoms with E-state index in [2.05, 4.69) is 16.0 Å². The van der Waals surface area contributed by atoms with Crippen molar-refractivity contribution in [2.24, 2.45) is 5.92 Å². The third-order valence-corrected chi connectivity index (χ3v) is 5.29. The number of carbonyl (C=O) groups is 1. The first kappa shape index (κ1) is 18.4. The number of hydrogen-bond acceptors (Lipinski definition) is 4. The van der Waals surface area contributed by atoms with Crippen LogP contribution in [0.5, 0.6) is 0 Å². The van der Waals surface area contributed by atoms with E-state index in [1.807, 2.05) is 36.5 Å². The van der Waals surface area contributed by atoms with Gasteiger partial charge >= 0.3 is 5.97 Å². The molecule has 28 heavy (non-hydrogen) atoms. The minimum absolute atomic E-state index is 0.261. The molecule has 1 aliphatic rings. The monoisotopic (exact) mass is 376 g/mol. The molecule has 1 fully saturated rings. The molecule has 2 aromatic heterocycles. The second kappa shape index (κ2) is 8.40. The van der Waals surface area contributed by atoms with Gasteiger partial charge in [0.2, 0.25) is 0 Å². The Morgan fingerprint density at radius 3 is 2.82 bits per heavy atom.